The van der Waals surface area contributed by atoms with Crippen LogP contribution in [0.25, 0.3) is 0 Å². The molecule has 1 fully saturated rings. The second-order valence-corrected chi connectivity index (χ2v) is 6.91. The molecule has 0 radical (unpaired) electrons. The lowest BCUT2D eigenvalue weighted by Crippen LogP contribution is -2.37. The van der Waals surface area contributed by atoms with Crippen molar-refractivity contribution in [1.29, 1.82) is 0 Å². The number of aryl methyl sites for hydroxylation is 1. The fourth-order valence-electron chi connectivity index (χ4n) is 2.96. The molecule has 1 atom stereocenters. The summed E-state index contributed by atoms with van der Waals surface area (Å²) in [4.78, 5) is 24.0. The molecule has 130 valence electrons. The minimum atomic E-state index is -0.557. The van der Waals surface area contributed by atoms with Crippen molar-refractivity contribution in [2.45, 2.75) is 19.6 Å². The van der Waals surface area contributed by atoms with Crippen LogP contribution in [0.5, 0.6) is 0 Å². The topological polar surface area (TPSA) is 84.5 Å². The van der Waals surface area contributed by atoms with E-state index < -0.39 is 6.10 Å². The van der Waals surface area contributed by atoms with Gasteiger partial charge >= 0.3 is 0 Å². The molecule has 7 nitrogen and oxygen atoms in total. The van der Waals surface area contributed by atoms with E-state index >= 15 is 0 Å². The number of aromatic amines is 1. The molecule has 0 spiro atoms. The van der Waals surface area contributed by atoms with E-state index in [1.54, 1.807) is 28.5 Å². The van der Waals surface area contributed by atoms with Crippen LogP contribution in [-0.2, 0) is 6.54 Å². The third-order valence-corrected chi connectivity index (χ3v) is 5.12. The lowest BCUT2D eigenvalue weighted by molar-refractivity contribution is 0.0662. The number of H-pyrrole nitrogens is 1. The van der Waals surface area contributed by atoms with Gasteiger partial charge in [-0.3, -0.25) is 9.69 Å². The summed E-state index contributed by atoms with van der Waals surface area (Å²) in [7, 11) is 1.85. The summed E-state index contributed by atoms with van der Waals surface area (Å²) in [6.45, 7) is 4.79. The maximum atomic E-state index is 12.6. The van der Waals surface area contributed by atoms with E-state index in [-0.39, 0.29) is 5.91 Å². The number of carbonyl (C=O) groups is 1. The van der Waals surface area contributed by atoms with Crippen molar-refractivity contribution >= 4 is 22.4 Å². The number of aliphatic hydroxyl groups excluding tert-OH is 1. The summed E-state index contributed by atoms with van der Waals surface area (Å²) in [6, 6.07) is 1.79. The monoisotopic (exact) mass is 349 g/mol. The van der Waals surface area contributed by atoms with E-state index in [0.29, 0.717) is 31.7 Å². The van der Waals surface area contributed by atoms with Crippen LogP contribution in [0.2, 0.25) is 0 Å². The Kier molecular flexibility index (Phi) is 5.17. The highest BCUT2D eigenvalue weighted by atomic mass is 32.1. The van der Waals surface area contributed by atoms with Crippen molar-refractivity contribution in [2.75, 3.05) is 38.5 Å². The first-order chi connectivity index (χ1) is 11.6. The zero-order valence-corrected chi connectivity index (χ0v) is 14.8. The van der Waals surface area contributed by atoms with E-state index in [1.165, 1.54) is 0 Å². The van der Waals surface area contributed by atoms with Crippen molar-refractivity contribution < 1.29 is 9.90 Å². The molecular formula is C16H23N5O2S. The molecule has 1 amide bonds. The Hall–Kier alpha value is -1.90. The Labute approximate surface area is 145 Å². The van der Waals surface area contributed by atoms with Gasteiger partial charge < -0.3 is 20.3 Å². The molecule has 0 saturated carbocycles. The molecule has 3 heterocycles. The number of nitrogens with zero attached hydrogens (tertiary/aromatic N) is 3. The molecule has 2 aromatic rings. The maximum absolute atomic E-state index is 12.6. The van der Waals surface area contributed by atoms with Gasteiger partial charge in [0.15, 0.2) is 5.13 Å². The van der Waals surface area contributed by atoms with Gasteiger partial charge in [0.05, 0.1) is 17.4 Å². The van der Waals surface area contributed by atoms with Gasteiger partial charge in [-0.1, -0.05) is 0 Å². The molecule has 3 rings (SSSR count). The van der Waals surface area contributed by atoms with Gasteiger partial charge in [0.2, 0.25) is 0 Å². The van der Waals surface area contributed by atoms with Gasteiger partial charge in [-0.2, -0.15) is 0 Å². The molecule has 3 N–H and O–H groups in total. The number of carbonyl (C=O) groups excluding carboxylic acids is 1. The van der Waals surface area contributed by atoms with E-state index in [9.17, 15) is 9.90 Å². The minimum Gasteiger partial charge on any atom is -0.390 e. The molecule has 2 aromatic heterocycles. The van der Waals surface area contributed by atoms with Crippen molar-refractivity contribution in [3.8, 4) is 0 Å². The number of β-amino-alcohol motifs (C(OH)–C–C–N with tert-alkyl or cyclic N) is 1. The molecule has 1 unspecified atom stereocenters. The Balaban J connectivity index is 1.64. The molecule has 0 aromatic carbocycles. The summed E-state index contributed by atoms with van der Waals surface area (Å²) in [5.74, 6) is -0.0271. The predicted octanol–water partition coefficient (Wildman–Crippen LogP) is 1.14. The Morgan fingerprint density at radius 1 is 1.50 bits per heavy atom. The zero-order chi connectivity index (χ0) is 17.1. The summed E-state index contributed by atoms with van der Waals surface area (Å²) >= 11 is 1.57. The smallest absolute Gasteiger partial charge is 0.255 e. The highest BCUT2D eigenvalue weighted by Gasteiger charge is 2.26. The first kappa shape index (κ1) is 16.9. The largest absolute Gasteiger partial charge is 0.390 e. The van der Waals surface area contributed by atoms with Crippen LogP contribution in [0.15, 0.2) is 17.6 Å². The number of hydrogen-bond acceptors (Lipinski definition) is 6. The van der Waals surface area contributed by atoms with E-state index in [1.807, 2.05) is 19.4 Å². The fourth-order valence-corrected chi connectivity index (χ4v) is 3.62. The second kappa shape index (κ2) is 7.33. The van der Waals surface area contributed by atoms with Crippen LogP contribution in [-0.4, -0.2) is 70.1 Å². The molecule has 24 heavy (non-hydrogen) atoms. The lowest BCUT2D eigenvalue weighted by Gasteiger charge is -2.21. The van der Waals surface area contributed by atoms with Crippen LogP contribution in [0.1, 0.15) is 21.7 Å². The lowest BCUT2D eigenvalue weighted by atomic mass is 10.2. The molecule has 1 aliphatic heterocycles. The normalized spacial score (nSPS) is 19.3. The fraction of sp³-hybridized carbons (Fsp3) is 0.500. The van der Waals surface area contributed by atoms with Crippen LogP contribution >= 0.6 is 11.3 Å². The summed E-state index contributed by atoms with van der Waals surface area (Å²) in [5.41, 5.74) is 2.52. The highest BCUT2D eigenvalue weighted by molar-refractivity contribution is 7.13. The number of aromatic nitrogens is 2. The average Bonchev–Trinajstić information content (AvgIpc) is 3.14. The summed E-state index contributed by atoms with van der Waals surface area (Å²) < 4.78 is 0. The van der Waals surface area contributed by atoms with Crippen molar-refractivity contribution in [3.63, 3.8) is 0 Å². The number of hydrogen-bond donors (Lipinski definition) is 3. The number of nitrogens with one attached hydrogen (secondary N) is 2. The molecule has 1 aliphatic rings. The van der Waals surface area contributed by atoms with Gasteiger partial charge in [0.1, 0.15) is 0 Å². The molecular weight excluding hydrogens is 326 g/mol. The summed E-state index contributed by atoms with van der Waals surface area (Å²) in [5, 5.41) is 16.2. The van der Waals surface area contributed by atoms with Crippen molar-refractivity contribution in [3.05, 3.63) is 34.6 Å². The maximum Gasteiger partial charge on any atom is 0.255 e. The quantitative estimate of drug-likeness (QED) is 0.771. The Morgan fingerprint density at radius 3 is 3.00 bits per heavy atom. The van der Waals surface area contributed by atoms with Crippen LogP contribution in [0.4, 0.5) is 5.13 Å². The number of anilines is 1. The van der Waals surface area contributed by atoms with Gasteiger partial charge in [0.25, 0.3) is 5.91 Å². The molecule has 1 saturated heterocycles. The predicted molar refractivity (Wildman–Crippen MR) is 94.4 cm³/mol. The summed E-state index contributed by atoms with van der Waals surface area (Å²) in [6.07, 6.45) is 1.21. The average molecular weight is 349 g/mol. The third kappa shape index (κ3) is 3.77. The number of rotatable bonds is 4. The van der Waals surface area contributed by atoms with E-state index in [4.69, 9.17) is 0 Å². The highest BCUT2D eigenvalue weighted by Crippen LogP contribution is 2.18. The van der Waals surface area contributed by atoms with Gasteiger partial charge in [0, 0.05) is 57.0 Å². The molecule has 0 bridgehead atoms. The van der Waals surface area contributed by atoms with Crippen LogP contribution < -0.4 is 5.32 Å². The molecule has 0 aliphatic carbocycles. The van der Waals surface area contributed by atoms with Crippen molar-refractivity contribution in [2.24, 2.45) is 0 Å². The van der Waals surface area contributed by atoms with Gasteiger partial charge in [-0.15, -0.1) is 11.3 Å². The second-order valence-electron chi connectivity index (χ2n) is 6.05. The van der Waals surface area contributed by atoms with Gasteiger partial charge in [-0.25, -0.2) is 4.98 Å². The van der Waals surface area contributed by atoms with E-state index in [2.05, 4.69) is 20.2 Å². The Bertz CT molecular complexity index is 698. The first-order valence-corrected chi connectivity index (χ1v) is 8.90. The number of aliphatic hydroxyl groups is 1. The van der Waals surface area contributed by atoms with Crippen LogP contribution in [0, 0.1) is 6.92 Å². The minimum absolute atomic E-state index is 0.0271. The SMILES string of the molecule is CNc1nc(CN2CCN(C(=O)c3cc[nH]c3C)CC(O)C2)cs1. The van der Waals surface area contributed by atoms with Crippen molar-refractivity contribution in [1.82, 2.24) is 19.8 Å². The van der Waals surface area contributed by atoms with Gasteiger partial charge in [-0.05, 0) is 13.0 Å². The van der Waals surface area contributed by atoms with Crippen LogP contribution in [0.3, 0.4) is 0 Å². The number of thiazole rings is 1. The standard InChI is InChI=1S/C16H23N5O2S/c1-11-14(3-4-18-11)15(23)21-6-5-20(8-13(22)9-21)7-12-10-24-16(17-2)19-12/h3-4,10,13,18,22H,5-9H2,1-2H3,(H,17,19). The van der Waals surface area contributed by atoms with E-state index in [0.717, 1.165) is 23.1 Å². The third-order valence-electron chi connectivity index (χ3n) is 4.21. The first-order valence-electron chi connectivity index (χ1n) is 8.02. The number of amides is 1. The zero-order valence-electron chi connectivity index (χ0n) is 14.0. The Morgan fingerprint density at radius 2 is 2.33 bits per heavy atom. The molecule has 8 heteroatoms.